The molecule has 4 aromatic rings. The average Bonchev–Trinajstić information content (AvgIpc) is 3.56. The fourth-order valence-corrected chi connectivity index (χ4v) is 5.36. The second kappa shape index (κ2) is 11.2. The number of amides is 2. The van der Waals surface area contributed by atoms with Crippen molar-refractivity contribution in [3.8, 4) is 11.1 Å². The van der Waals surface area contributed by atoms with Gasteiger partial charge in [0.25, 0.3) is 5.91 Å². The highest BCUT2D eigenvalue weighted by Gasteiger charge is 2.43. The third-order valence-electron chi connectivity index (χ3n) is 7.44. The lowest BCUT2D eigenvalue weighted by Gasteiger charge is -2.18. The second-order valence-electron chi connectivity index (χ2n) is 10.2. The first-order chi connectivity index (χ1) is 20.3. The van der Waals surface area contributed by atoms with Crippen LogP contribution in [0.4, 0.5) is 13.6 Å². The molecule has 9 heteroatoms. The lowest BCUT2D eigenvalue weighted by Crippen LogP contribution is -2.31. The maximum Gasteiger partial charge on any atom is 0.412 e. The summed E-state index contributed by atoms with van der Waals surface area (Å²) in [5.74, 6) is -1.58. The Labute approximate surface area is 241 Å². The first-order valence-corrected chi connectivity index (χ1v) is 13.6. The summed E-state index contributed by atoms with van der Waals surface area (Å²) in [5.41, 5.74) is 6.56. The molecule has 2 atom stereocenters. The minimum absolute atomic E-state index is 0.0714. The maximum atomic E-state index is 14.4. The summed E-state index contributed by atoms with van der Waals surface area (Å²) in [7, 11) is 0. The first-order valence-electron chi connectivity index (χ1n) is 13.6. The number of amidine groups is 1. The molecule has 2 aliphatic rings. The van der Waals surface area contributed by atoms with Crippen LogP contribution in [0, 0.1) is 17.0 Å². The zero-order valence-corrected chi connectivity index (χ0v) is 22.7. The van der Waals surface area contributed by atoms with Crippen LogP contribution in [0.2, 0.25) is 0 Å². The van der Waals surface area contributed by atoms with Gasteiger partial charge in [-0.3, -0.25) is 15.5 Å². The van der Waals surface area contributed by atoms with Crippen molar-refractivity contribution < 1.29 is 27.8 Å². The molecule has 2 amide bonds. The predicted octanol–water partition coefficient (Wildman–Crippen LogP) is 6.55. The molecule has 0 aliphatic carbocycles. The number of halogens is 2. The number of carbonyl (C=O) groups is 2. The molecule has 6 rings (SSSR count). The number of rotatable bonds is 7. The van der Waals surface area contributed by atoms with Crippen LogP contribution in [0.5, 0.6) is 0 Å². The molecular formula is C33H27F2N3O4. The lowest BCUT2D eigenvalue weighted by molar-refractivity contribution is 0.0857. The van der Waals surface area contributed by atoms with Crippen LogP contribution in [0.15, 0.2) is 78.9 Å². The van der Waals surface area contributed by atoms with Crippen LogP contribution in [0.25, 0.3) is 11.1 Å². The Morgan fingerprint density at radius 1 is 0.857 bits per heavy atom. The predicted molar refractivity (Wildman–Crippen MR) is 152 cm³/mol. The molecule has 0 saturated heterocycles. The monoisotopic (exact) mass is 567 g/mol. The van der Waals surface area contributed by atoms with E-state index in [-0.39, 0.29) is 37.1 Å². The molecule has 2 heterocycles. The van der Waals surface area contributed by atoms with Crippen molar-refractivity contribution in [2.75, 3.05) is 6.61 Å². The number of hydrogen-bond donors (Lipinski definition) is 3. The molecular weight excluding hydrogens is 540 g/mol. The molecule has 0 aromatic heterocycles. The van der Waals surface area contributed by atoms with E-state index in [1.54, 1.807) is 30.3 Å². The maximum absolute atomic E-state index is 14.4. The average molecular weight is 568 g/mol. The largest absolute Gasteiger partial charge is 0.449 e. The molecule has 2 aliphatic heterocycles. The van der Waals surface area contributed by atoms with Crippen molar-refractivity contribution in [3.63, 3.8) is 0 Å². The Morgan fingerprint density at radius 2 is 1.55 bits per heavy atom. The van der Waals surface area contributed by atoms with Crippen LogP contribution in [0.1, 0.15) is 69.3 Å². The van der Waals surface area contributed by atoms with E-state index in [2.05, 4.69) is 10.6 Å². The van der Waals surface area contributed by atoms with E-state index in [0.717, 1.165) is 33.9 Å². The highest BCUT2D eigenvalue weighted by atomic mass is 19.1. The lowest BCUT2D eigenvalue weighted by atomic mass is 9.83. The van der Waals surface area contributed by atoms with E-state index in [0.29, 0.717) is 28.7 Å². The van der Waals surface area contributed by atoms with Crippen molar-refractivity contribution in [1.82, 2.24) is 10.6 Å². The molecule has 7 nitrogen and oxygen atoms in total. The Bertz CT molecular complexity index is 1720. The fraction of sp³-hybridized carbons (Fsp3) is 0.182. The van der Waals surface area contributed by atoms with Gasteiger partial charge in [-0.2, -0.15) is 0 Å². The number of hydrogen-bond acceptors (Lipinski definition) is 5. The third-order valence-corrected chi connectivity index (χ3v) is 7.44. The smallest absolute Gasteiger partial charge is 0.412 e. The van der Waals surface area contributed by atoms with Crippen LogP contribution >= 0.6 is 0 Å². The summed E-state index contributed by atoms with van der Waals surface area (Å²) in [6.07, 6.45) is -0.620. The molecule has 42 heavy (non-hydrogen) atoms. The van der Waals surface area contributed by atoms with Crippen molar-refractivity contribution in [2.24, 2.45) is 0 Å². The SMILES string of the molecule is CCCOC(=O)NC(=N)c1ccc(CNC(=O)c2ccc3c(c2)[C@@H]2O[C@H]3c3ccc(-c4ccc(F)cc4F)cc32)cc1. The molecule has 0 fully saturated rings. The van der Waals surface area contributed by atoms with Gasteiger partial charge < -0.3 is 14.8 Å². The third kappa shape index (κ3) is 5.14. The van der Waals surface area contributed by atoms with Gasteiger partial charge in [0.2, 0.25) is 0 Å². The van der Waals surface area contributed by atoms with Gasteiger partial charge >= 0.3 is 6.09 Å². The van der Waals surface area contributed by atoms with Crippen LogP contribution in [0.3, 0.4) is 0 Å². The quantitative estimate of drug-likeness (QED) is 0.174. The summed E-state index contributed by atoms with van der Waals surface area (Å²) in [4.78, 5) is 24.7. The summed E-state index contributed by atoms with van der Waals surface area (Å²) < 4.78 is 39.1. The van der Waals surface area contributed by atoms with Crippen molar-refractivity contribution in [3.05, 3.63) is 129 Å². The number of carbonyl (C=O) groups excluding carboxylic acids is 2. The molecule has 4 aromatic carbocycles. The van der Waals surface area contributed by atoms with E-state index in [4.69, 9.17) is 14.9 Å². The molecule has 0 unspecified atom stereocenters. The van der Waals surface area contributed by atoms with Gasteiger partial charge in [-0.1, -0.05) is 49.4 Å². The number of fused-ring (bicyclic) bond motifs is 8. The Hall–Kier alpha value is -4.89. The Kier molecular flexibility index (Phi) is 7.26. The molecule has 212 valence electrons. The minimum atomic E-state index is -0.670. The number of ether oxygens (including phenoxy) is 2. The summed E-state index contributed by atoms with van der Waals surface area (Å²) in [5, 5.41) is 13.3. The van der Waals surface area contributed by atoms with Crippen molar-refractivity contribution >= 4 is 17.8 Å². The van der Waals surface area contributed by atoms with Crippen LogP contribution in [-0.4, -0.2) is 24.4 Å². The topological polar surface area (TPSA) is 101 Å². The first kappa shape index (κ1) is 27.3. The van der Waals surface area contributed by atoms with Gasteiger partial charge in [0.1, 0.15) is 29.7 Å². The number of benzene rings is 4. The minimum Gasteiger partial charge on any atom is -0.449 e. The van der Waals surface area contributed by atoms with Crippen LogP contribution in [-0.2, 0) is 16.0 Å². The number of alkyl carbamates (subject to hydrolysis) is 1. The van der Waals surface area contributed by atoms with Gasteiger partial charge in [0.15, 0.2) is 0 Å². The van der Waals surface area contributed by atoms with E-state index in [1.807, 2.05) is 37.3 Å². The van der Waals surface area contributed by atoms with E-state index in [9.17, 15) is 18.4 Å². The van der Waals surface area contributed by atoms with E-state index in [1.165, 1.54) is 12.1 Å². The van der Waals surface area contributed by atoms with E-state index < -0.39 is 17.7 Å². The highest BCUT2D eigenvalue weighted by Crippen LogP contribution is 2.54. The summed E-state index contributed by atoms with van der Waals surface area (Å²) in [6, 6.07) is 21.6. The van der Waals surface area contributed by atoms with Gasteiger partial charge in [-0.15, -0.1) is 0 Å². The highest BCUT2D eigenvalue weighted by molar-refractivity contribution is 6.04. The van der Waals surface area contributed by atoms with Gasteiger partial charge in [0, 0.05) is 29.3 Å². The number of nitrogens with one attached hydrogen (secondary N) is 3. The standard InChI is InChI=1S/C33H27F2N3O4/c1-2-13-41-33(40)38-31(36)19-5-3-18(4-6-19)17-37-32(39)21-8-11-25-27(15-21)30-26-14-20(7-10-24(26)29(25)42-30)23-12-9-22(34)16-28(23)35/h3-12,14-16,29-30H,2,13,17H2,1H3,(H,37,39)(H2,36,38,40)/t29-,30+/m0/s1. The van der Waals surface area contributed by atoms with Crippen molar-refractivity contribution in [1.29, 1.82) is 5.41 Å². The molecule has 3 N–H and O–H groups in total. The Balaban J connectivity index is 1.12. The Morgan fingerprint density at radius 3 is 2.29 bits per heavy atom. The molecule has 0 radical (unpaired) electrons. The van der Waals surface area contributed by atoms with Crippen LogP contribution < -0.4 is 10.6 Å². The summed E-state index contributed by atoms with van der Waals surface area (Å²) >= 11 is 0. The molecule has 0 spiro atoms. The van der Waals surface area contributed by atoms with Gasteiger partial charge in [-0.05, 0) is 70.1 Å². The van der Waals surface area contributed by atoms with E-state index >= 15 is 0 Å². The normalized spacial score (nSPS) is 16.0. The van der Waals surface area contributed by atoms with Gasteiger partial charge in [0.05, 0.1) is 6.61 Å². The fourth-order valence-electron chi connectivity index (χ4n) is 5.36. The second-order valence-corrected chi connectivity index (χ2v) is 10.2. The zero-order chi connectivity index (χ0) is 29.4. The van der Waals surface area contributed by atoms with Gasteiger partial charge in [-0.25, -0.2) is 13.6 Å². The zero-order valence-electron chi connectivity index (χ0n) is 22.7. The molecule has 2 bridgehead atoms. The van der Waals surface area contributed by atoms with Crippen molar-refractivity contribution in [2.45, 2.75) is 32.1 Å². The summed E-state index contributed by atoms with van der Waals surface area (Å²) in [6.45, 7) is 2.44. The molecule has 0 saturated carbocycles.